The highest BCUT2D eigenvalue weighted by Gasteiger charge is 2.31. The second-order valence-corrected chi connectivity index (χ2v) is 7.38. The molecule has 0 saturated heterocycles. The Hall–Kier alpha value is -2.66. The summed E-state index contributed by atoms with van der Waals surface area (Å²) in [4.78, 5) is 6.53. The van der Waals surface area contributed by atoms with Crippen molar-refractivity contribution < 1.29 is 5.11 Å². The van der Waals surface area contributed by atoms with Gasteiger partial charge in [0.25, 0.3) is 0 Å². The number of nitrogens with zero attached hydrogens (tertiary/aromatic N) is 2. The third-order valence-electron chi connectivity index (χ3n) is 4.55. The minimum Gasteiger partial charge on any atom is -0.510 e. The fraction of sp³-hybridized carbons (Fsp3) is 0.200. The van der Waals surface area contributed by atoms with Gasteiger partial charge in [-0.3, -0.25) is 5.41 Å². The SMILES string of the molecule is C[C@@H](CN1CC(O)=C(c2nc3ccccc3s2)C1=N)c1ccccc1. The Kier molecular flexibility index (Phi) is 4.01. The number of para-hydroxylation sites is 1. The van der Waals surface area contributed by atoms with Gasteiger partial charge in [0.2, 0.25) is 0 Å². The molecule has 0 spiro atoms. The number of hydrogen-bond donors (Lipinski definition) is 2. The molecule has 5 heteroatoms. The number of thiazole rings is 1. The van der Waals surface area contributed by atoms with E-state index in [1.54, 1.807) is 0 Å². The second-order valence-electron chi connectivity index (χ2n) is 6.35. The molecule has 25 heavy (non-hydrogen) atoms. The van der Waals surface area contributed by atoms with Gasteiger partial charge in [0.05, 0.1) is 22.3 Å². The van der Waals surface area contributed by atoms with E-state index < -0.39 is 0 Å². The zero-order valence-corrected chi connectivity index (χ0v) is 14.8. The lowest BCUT2D eigenvalue weighted by molar-refractivity contribution is 0.341. The van der Waals surface area contributed by atoms with Crippen LogP contribution in [0.4, 0.5) is 0 Å². The summed E-state index contributed by atoms with van der Waals surface area (Å²) in [5.41, 5.74) is 2.72. The highest BCUT2D eigenvalue weighted by Crippen LogP contribution is 2.33. The van der Waals surface area contributed by atoms with Crippen LogP contribution in [0.25, 0.3) is 15.8 Å². The topological polar surface area (TPSA) is 60.2 Å². The Labute approximate surface area is 150 Å². The molecule has 0 aliphatic carbocycles. The summed E-state index contributed by atoms with van der Waals surface area (Å²) in [6, 6.07) is 18.2. The Balaban J connectivity index is 1.57. The van der Waals surface area contributed by atoms with E-state index >= 15 is 0 Å². The van der Waals surface area contributed by atoms with Crippen molar-refractivity contribution in [3.63, 3.8) is 0 Å². The van der Waals surface area contributed by atoms with Gasteiger partial charge >= 0.3 is 0 Å². The molecule has 4 rings (SSSR count). The van der Waals surface area contributed by atoms with Crippen molar-refractivity contribution in [3.05, 3.63) is 70.9 Å². The van der Waals surface area contributed by atoms with Gasteiger partial charge in [-0.1, -0.05) is 49.4 Å². The Morgan fingerprint density at radius 1 is 1.16 bits per heavy atom. The summed E-state index contributed by atoms with van der Waals surface area (Å²) in [6.45, 7) is 3.22. The molecule has 2 aromatic carbocycles. The number of rotatable bonds is 4. The fourth-order valence-electron chi connectivity index (χ4n) is 3.21. The van der Waals surface area contributed by atoms with E-state index in [4.69, 9.17) is 5.41 Å². The smallest absolute Gasteiger partial charge is 0.135 e. The van der Waals surface area contributed by atoms with Crippen LogP contribution in [0.15, 0.2) is 60.4 Å². The number of aliphatic hydroxyl groups excluding tert-OH is 1. The minimum atomic E-state index is 0.240. The van der Waals surface area contributed by atoms with Crippen molar-refractivity contribution in [1.82, 2.24) is 9.88 Å². The van der Waals surface area contributed by atoms with Gasteiger partial charge < -0.3 is 10.0 Å². The number of aliphatic hydroxyl groups is 1. The molecule has 1 aliphatic heterocycles. The number of hydrogen-bond acceptors (Lipinski definition) is 4. The maximum atomic E-state index is 10.5. The van der Waals surface area contributed by atoms with Gasteiger partial charge in [-0.15, -0.1) is 11.3 Å². The van der Waals surface area contributed by atoms with E-state index in [9.17, 15) is 5.11 Å². The highest BCUT2D eigenvalue weighted by atomic mass is 32.1. The predicted molar refractivity (Wildman–Crippen MR) is 103 cm³/mol. The van der Waals surface area contributed by atoms with Crippen molar-refractivity contribution in [3.8, 4) is 0 Å². The number of benzene rings is 2. The van der Waals surface area contributed by atoms with Crippen molar-refractivity contribution >= 4 is 33.0 Å². The summed E-state index contributed by atoms with van der Waals surface area (Å²) in [6.07, 6.45) is 0. The molecular formula is C20H19N3OS. The lowest BCUT2D eigenvalue weighted by Crippen LogP contribution is -2.30. The van der Waals surface area contributed by atoms with Gasteiger partial charge in [-0.2, -0.15) is 0 Å². The lowest BCUT2D eigenvalue weighted by atomic mass is 10.0. The Bertz CT molecular complexity index is 928. The first-order valence-corrected chi connectivity index (χ1v) is 9.12. The van der Waals surface area contributed by atoms with E-state index in [2.05, 4.69) is 24.0 Å². The Morgan fingerprint density at radius 3 is 2.64 bits per heavy atom. The van der Waals surface area contributed by atoms with Gasteiger partial charge in [-0.25, -0.2) is 4.98 Å². The quantitative estimate of drug-likeness (QED) is 0.720. The van der Waals surface area contributed by atoms with Gasteiger partial charge in [0.15, 0.2) is 0 Å². The zero-order valence-electron chi connectivity index (χ0n) is 13.9. The molecule has 2 N–H and O–H groups in total. The molecule has 0 unspecified atom stereocenters. The van der Waals surface area contributed by atoms with Gasteiger partial charge in [0, 0.05) is 6.54 Å². The van der Waals surface area contributed by atoms with Crippen LogP contribution in [0.1, 0.15) is 23.4 Å². The van der Waals surface area contributed by atoms with Crippen LogP contribution in [0.3, 0.4) is 0 Å². The summed E-state index contributed by atoms with van der Waals surface area (Å²) in [5.74, 6) is 0.882. The first-order valence-electron chi connectivity index (χ1n) is 8.30. The van der Waals surface area contributed by atoms with Crippen molar-refractivity contribution in [2.45, 2.75) is 12.8 Å². The van der Waals surface area contributed by atoms with Crippen LogP contribution < -0.4 is 0 Å². The molecule has 0 saturated carbocycles. The van der Waals surface area contributed by atoms with Crippen molar-refractivity contribution in [2.75, 3.05) is 13.1 Å². The third kappa shape index (κ3) is 2.91. The van der Waals surface area contributed by atoms with E-state index in [0.717, 1.165) is 15.2 Å². The normalized spacial score (nSPS) is 16.0. The van der Waals surface area contributed by atoms with E-state index in [-0.39, 0.29) is 11.7 Å². The zero-order chi connectivity index (χ0) is 17.4. The first-order chi connectivity index (χ1) is 12.1. The van der Waals surface area contributed by atoms with E-state index in [0.29, 0.717) is 24.5 Å². The molecule has 0 radical (unpaired) electrons. The van der Waals surface area contributed by atoms with E-state index in [1.807, 2.05) is 47.4 Å². The third-order valence-corrected chi connectivity index (χ3v) is 5.61. The summed E-state index contributed by atoms with van der Waals surface area (Å²) in [5, 5.41) is 19.7. The molecule has 1 aromatic heterocycles. The molecule has 0 amide bonds. The molecule has 1 atom stereocenters. The first kappa shape index (κ1) is 15.8. The monoisotopic (exact) mass is 349 g/mol. The molecule has 4 nitrogen and oxygen atoms in total. The van der Waals surface area contributed by atoms with Crippen molar-refractivity contribution in [2.24, 2.45) is 0 Å². The van der Waals surface area contributed by atoms with Gasteiger partial charge in [0.1, 0.15) is 16.6 Å². The second kappa shape index (κ2) is 6.33. The maximum absolute atomic E-state index is 10.5. The highest BCUT2D eigenvalue weighted by molar-refractivity contribution is 7.19. The van der Waals surface area contributed by atoms with Crippen LogP contribution in [0.5, 0.6) is 0 Å². The molecule has 2 heterocycles. The Morgan fingerprint density at radius 2 is 1.88 bits per heavy atom. The number of fused-ring (bicyclic) bond motifs is 1. The van der Waals surface area contributed by atoms with Crippen LogP contribution in [0.2, 0.25) is 0 Å². The minimum absolute atomic E-state index is 0.240. The standard InChI is InChI=1S/C20H19N3OS/c1-13(14-7-3-2-4-8-14)11-23-12-16(24)18(19(23)21)20-22-15-9-5-6-10-17(15)25-20/h2-10,13,21,24H,11-12H2,1H3/t13-/m0/s1. The van der Waals surface area contributed by atoms with Crippen LogP contribution in [-0.2, 0) is 0 Å². The number of aromatic nitrogens is 1. The average molecular weight is 349 g/mol. The number of nitrogens with one attached hydrogen (secondary N) is 1. The molecule has 3 aromatic rings. The molecule has 126 valence electrons. The average Bonchev–Trinajstić information content (AvgIpc) is 3.16. The van der Waals surface area contributed by atoms with Crippen LogP contribution in [0, 0.1) is 5.41 Å². The summed E-state index contributed by atoms with van der Waals surface area (Å²) >= 11 is 1.52. The van der Waals surface area contributed by atoms with Crippen LogP contribution in [-0.4, -0.2) is 33.9 Å². The van der Waals surface area contributed by atoms with Crippen molar-refractivity contribution in [1.29, 1.82) is 5.41 Å². The molecule has 0 fully saturated rings. The molecule has 0 bridgehead atoms. The lowest BCUT2D eigenvalue weighted by Gasteiger charge is -2.23. The fourth-order valence-corrected chi connectivity index (χ4v) is 4.24. The predicted octanol–water partition coefficient (Wildman–Crippen LogP) is 4.66. The van der Waals surface area contributed by atoms with Gasteiger partial charge in [-0.05, 0) is 23.6 Å². The largest absolute Gasteiger partial charge is 0.510 e. The maximum Gasteiger partial charge on any atom is 0.135 e. The summed E-state index contributed by atoms with van der Waals surface area (Å²) in [7, 11) is 0. The number of amidine groups is 1. The van der Waals surface area contributed by atoms with E-state index in [1.165, 1.54) is 16.9 Å². The summed E-state index contributed by atoms with van der Waals surface area (Å²) < 4.78 is 1.07. The van der Waals surface area contributed by atoms with Crippen LogP contribution >= 0.6 is 11.3 Å². The molecular weight excluding hydrogens is 330 g/mol. The molecule has 1 aliphatic rings.